The van der Waals surface area contributed by atoms with Gasteiger partial charge < -0.3 is 19.6 Å². The summed E-state index contributed by atoms with van der Waals surface area (Å²) in [5.74, 6) is 2.78. The molecule has 0 aliphatic carbocycles. The molecule has 1 heterocycles. The van der Waals surface area contributed by atoms with Crippen LogP contribution < -0.4 is 10.1 Å². The normalized spacial score (nSPS) is 12.4. The summed E-state index contributed by atoms with van der Waals surface area (Å²) < 4.78 is 10.7. The van der Waals surface area contributed by atoms with Crippen LogP contribution >= 0.6 is 0 Å². The highest BCUT2D eigenvalue weighted by molar-refractivity contribution is 5.39. The number of phenols is 1. The number of aryl methyl sites for hydroxylation is 1. The van der Waals surface area contributed by atoms with Gasteiger partial charge in [-0.05, 0) is 44.2 Å². The Morgan fingerprint density at radius 3 is 2.74 bits per heavy atom. The van der Waals surface area contributed by atoms with Crippen molar-refractivity contribution in [3.63, 3.8) is 0 Å². The van der Waals surface area contributed by atoms with E-state index in [0.29, 0.717) is 6.54 Å². The Morgan fingerprint density at radius 1 is 1.32 bits per heavy atom. The molecule has 0 aliphatic heterocycles. The van der Waals surface area contributed by atoms with E-state index in [4.69, 9.17) is 9.15 Å². The highest BCUT2D eigenvalue weighted by atomic mass is 16.5. The lowest BCUT2D eigenvalue weighted by Gasteiger charge is -2.13. The lowest BCUT2D eigenvalue weighted by Crippen LogP contribution is -2.17. The van der Waals surface area contributed by atoms with Crippen LogP contribution in [-0.2, 0) is 6.54 Å². The van der Waals surface area contributed by atoms with E-state index in [2.05, 4.69) is 5.32 Å². The van der Waals surface area contributed by atoms with Crippen LogP contribution in [0, 0.1) is 6.92 Å². The Kier molecular flexibility index (Phi) is 4.12. The summed E-state index contributed by atoms with van der Waals surface area (Å²) in [5.41, 5.74) is 0.800. The Bertz CT molecular complexity index is 548. The zero-order valence-electron chi connectivity index (χ0n) is 11.4. The fourth-order valence-corrected chi connectivity index (χ4v) is 1.88. The van der Waals surface area contributed by atoms with Crippen molar-refractivity contribution in [3.05, 3.63) is 47.4 Å². The number of phenolic OH excluding ortho intramolecular Hbond substituents is 1. The van der Waals surface area contributed by atoms with Gasteiger partial charge in [0.15, 0.2) is 0 Å². The zero-order chi connectivity index (χ0) is 13.8. The summed E-state index contributed by atoms with van der Waals surface area (Å²) >= 11 is 0. The lowest BCUT2D eigenvalue weighted by atomic mass is 10.1. The first-order valence-corrected chi connectivity index (χ1v) is 6.25. The van der Waals surface area contributed by atoms with Gasteiger partial charge in [-0.2, -0.15) is 0 Å². The number of furan rings is 1. The number of hydrogen-bond acceptors (Lipinski definition) is 4. The summed E-state index contributed by atoms with van der Waals surface area (Å²) in [6, 6.07) is 9.17. The molecule has 0 saturated heterocycles. The van der Waals surface area contributed by atoms with Crippen LogP contribution in [0.5, 0.6) is 11.5 Å². The molecule has 0 spiro atoms. The van der Waals surface area contributed by atoms with Crippen molar-refractivity contribution in [2.24, 2.45) is 0 Å². The van der Waals surface area contributed by atoms with Crippen molar-refractivity contribution in [3.8, 4) is 11.5 Å². The van der Waals surface area contributed by atoms with Gasteiger partial charge in [-0.3, -0.25) is 0 Å². The molecule has 102 valence electrons. The highest BCUT2D eigenvalue weighted by Crippen LogP contribution is 2.24. The van der Waals surface area contributed by atoms with Gasteiger partial charge in [0.2, 0.25) is 0 Å². The maximum absolute atomic E-state index is 9.80. The van der Waals surface area contributed by atoms with Gasteiger partial charge in [-0.25, -0.2) is 0 Å². The molecule has 0 bridgehead atoms. The van der Waals surface area contributed by atoms with Crippen molar-refractivity contribution in [1.29, 1.82) is 0 Å². The van der Waals surface area contributed by atoms with Crippen LogP contribution in [0.4, 0.5) is 0 Å². The number of rotatable bonds is 5. The third kappa shape index (κ3) is 3.29. The van der Waals surface area contributed by atoms with Crippen LogP contribution in [0.1, 0.15) is 30.0 Å². The number of ether oxygens (including phenoxy) is 1. The van der Waals surface area contributed by atoms with E-state index in [0.717, 1.165) is 22.8 Å². The Hall–Kier alpha value is -1.94. The number of hydrogen-bond donors (Lipinski definition) is 2. The summed E-state index contributed by atoms with van der Waals surface area (Å²) in [5, 5.41) is 13.1. The molecule has 2 rings (SSSR count). The van der Waals surface area contributed by atoms with E-state index in [1.165, 1.54) is 0 Å². The van der Waals surface area contributed by atoms with Gasteiger partial charge >= 0.3 is 0 Å². The van der Waals surface area contributed by atoms with Crippen LogP contribution in [0.2, 0.25) is 0 Å². The van der Waals surface area contributed by atoms with Gasteiger partial charge in [0, 0.05) is 12.1 Å². The fraction of sp³-hybridized carbons (Fsp3) is 0.333. The topological polar surface area (TPSA) is 54.6 Å². The first-order chi connectivity index (χ1) is 9.10. The summed E-state index contributed by atoms with van der Waals surface area (Å²) in [7, 11) is 1.61. The molecule has 0 saturated carbocycles. The summed E-state index contributed by atoms with van der Waals surface area (Å²) in [6.07, 6.45) is 0. The number of methoxy groups -OCH3 is 1. The molecule has 0 fully saturated rings. The maximum atomic E-state index is 9.80. The predicted molar refractivity (Wildman–Crippen MR) is 73.4 cm³/mol. The quantitative estimate of drug-likeness (QED) is 0.868. The van der Waals surface area contributed by atoms with Crippen molar-refractivity contribution in [2.75, 3.05) is 7.11 Å². The molecule has 19 heavy (non-hydrogen) atoms. The van der Waals surface area contributed by atoms with Crippen molar-refractivity contribution >= 4 is 0 Å². The SMILES string of the molecule is COc1ccc(O)c(CNC(C)c2ccc(C)o2)c1. The Labute approximate surface area is 113 Å². The van der Waals surface area contributed by atoms with E-state index in [-0.39, 0.29) is 11.8 Å². The highest BCUT2D eigenvalue weighted by Gasteiger charge is 2.10. The first-order valence-electron chi connectivity index (χ1n) is 6.25. The van der Waals surface area contributed by atoms with Gasteiger partial charge in [0.05, 0.1) is 13.2 Å². The van der Waals surface area contributed by atoms with Gasteiger partial charge in [0.25, 0.3) is 0 Å². The van der Waals surface area contributed by atoms with Gasteiger partial charge in [-0.1, -0.05) is 0 Å². The van der Waals surface area contributed by atoms with Crippen LogP contribution in [0.15, 0.2) is 34.7 Å². The Morgan fingerprint density at radius 2 is 2.11 bits per heavy atom. The zero-order valence-corrected chi connectivity index (χ0v) is 11.4. The van der Waals surface area contributed by atoms with E-state index in [1.54, 1.807) is 19.2 Å². The predicted octanol–water partition coefficient (Wildman–Crippen LogP) is 3.15. The van der Waals surface area contributed by atoms with Crippen molar-refractivity contribution in [1.82, 2.24) is 5.32 Å². The number of nitrogens with one attached hydrogen (secondary N) is 1. The molecule has 1 atom stereocenters. The second-order valence-electron chi connectivity index (χ2n) is 4.55. The van der Waals surface area contributed by atoms with Gasteiger partial charge in [0.1, 0.15) is 23.0 Å². The van der Waals surface area contributed by atoms with Crippen LogP contribution in [0.3, 0.4) is 0 Å². The molecule has 2 aromatic rings. The van der Waals surface area contributed by atoms with Crippen molar-refractivity contribution in [2.45, 2.75) is 26.4 Å². The molecular formula is C15H19NO3. The first kappa shape index (κ1) is 13.5. The molecule has 4 heteroatoms. The fourth-order valence-electron chi connectivity index (χ4n) is 1.88. The standard InChI is InChI=1S/C15H19NO3/c1-10-4-7-15(19-10)11(2)16-9-12-8-13(18-3)5-6-14(12)17/h4-8,11,16-17H,9H2,1-3H3. The lowest BCUT2D eigenvalue weighted by molar-refractivity contribution is 0.402. The van der Waals surface area contributed by atoms with E-state index in [9.17, 15) is 5.11 Å². The van der Waals surface area contributed by atoms with E-state index in [1.807, 2.05) is 32.0 Å². The number of benzene rings is 1. The monoisotopic (exact) mass is 261 g/mol. The molecular weight excluding hydrogens is 242 g/mol. The van der Waals surface area contributed by atoms with E-state index < -0.39 is 0 Å². The van der Waals surface area contributed by atoms with Crippen molar-refractivity contribution < 1.29 is 14.3 Å². The molecule has 2 N–H and O–H groups in total. The van der Waals surface area contributed by atoms with E-state index >= 15 is 0 Å². The second-order valence-corrected chi connectivity index (χ2v) is 4.55. The Balaban J connectivity index is 2.02. The third-order valence-electron chi connectivity index (χ3n) is 3.07. The molecule has 4 nitrogen and oxygen atoms in total. The second kappa shape index (κ2) is 5.80. The van der Waals surface area contributed by atoms with Crippen LogP contribution in [-0.4, -0.2) is 12.2 Å². The molecule has 0 aliphatic rings. The number of aromatic hydroxyl groups is 1. The summed E-state index contributed by atoms with van der Waals surface area (Å²) in [6.45, 7) is 4.49. The maximum Gasteiger partial charge on any atom is 0.120 e. The van der Waals surface area contributed by atoms with Gasteiger partial charge in [-0.15, -0.1) is 0 Å². The minimum Gasteiger partial charge on any atom is -0.508 e. The third-order valence-corrected chi connectivity index (χ3v) is 3.07. The smallest absolute Gasteiger partial charge is 0.120 e. The average molecular weight is 261 g/mol. The molecule has 0 amide bonds. The minimum atomic E-state index is 0.0827. The average Bonchev–Trinajstić information content (AvgIpc) is 2.84. The molecule has 1 aromatic heterocycles. The molecule has 1 unspecified atom stereocenters. The van der Waals surface area contributed by atoms with Crippen LogP contribution in [0.25, 0.3) is 0 Å². The molecule has 0 radical (unpaired) electrons. The molecule has 1 aromatic carbocycles. The minimum absolute atomic E-state index is 0.0827. The summed E-state index contributed by atoms with van der Waals surface area (Å²) in [4.78, 5) is 0. The largest absolute Gasteiger partial charge is 0.508 e.